The minimum absolute atomic E-state index is 0.0596. The molecule has 5 unspecified atom stereocenters. The van der Waals surface area contributed by atoms with Gasteiger partial charge in [0.15, 0.2) is 4.67 Å². The average Bonchev–Trinajstić information content (AvgIpc) is 3.52. The van der Waals surface area contributed by atoms with Gasteiger partial charge in [0.1, 0.15) is 11.8 Å². The molecule has 32 heavy (non-hydrogen) atoms. The van der Waals surface area contributed by atoms with Crippen molar-refractivity contribution in [3.05, 3.63) is 69.1 Å². The second kappa shape index (κ2) is 7.70. The number of imide groups is 1. The first-order chi connectivity index (χ1) is 15.3. The number of fused-ring (bicyclic) bond motifs is 5. The summed E-state index contributed by atoms with van der Waals surface area (Å²) in [5, 5.41) is 13.5. The number of benzene rings is 1. The molecule has 5 rings (SSSR count). The first-order valence-electron chi connectivity index (χ1n) is 10.2. The van der Waals surface area contributed by atoms with Crippen molar-refractivity contribution in [1.82, 2.24) is 4.90 Å². The monoisotopic (exact) mass is 499 g/mol. The van der Waals surface area contributed by atoms with Crippen molar-refractivity contribution in [3.8, 4) is 0 Å². The number of carbonyl (C=O) groups excluding carboxylic acids is 3. The Kier molecular flexibility index (Phi) is 4.96. The van der Waals surface area contributed by atoms with Gasteiger partial charge in [0.05, 0.1) is 23.2 Å². The van der Waals surface area contributed by atoms with Gasteiger partial charge >= 0.3 is 0 Å². The topological polar surface area (TPSA) is 123 Å². The third-order valence-corrected chi connectivity index (χ3v) is 6.91. The molecule has 1 saturated heterocycles. The van der Waals surface area contributed by atoms with Crippen molar-refractivity contribution in [3.63, 3.8) is 0 Å². The van der Waals surface area contributed by atoms with E-state index in [-0.39, 0.29) is 47.6 Å². The van der Waals surface area contributed by atoms with E-state index in [0.717, 1.165) is 6.42 Å². The smallest absolute Gasteiger partial charge is 0.269 e. The Morgan fingerprint density at radius 3 is 2.28 bits per heavy atom. The lowest BCUT2D eigenvalue weighted by Gasteiger charge is -2.26. The first-order valence-corrected chi connectivity index (χ1v) is 11.0. The minimum atomic E-state index is -0.885. The van der Waals surface area contributed by atoms with E-state index >= 15 is 0 Å². The molecule has 2 aromatic rings. The summed E-state index contributed by atoms with van der Waals surface area (Å²) in [5.74, 6) is -1.29. The number of likely N-dealkylation sites (tertiary alicyclic amines) is 1. The quantitative estimate of drug-likeness (QED) is 0.279. The number of nitrogens with one attached hydrogen (secondary N) is 1. The van der Waals surface area contributed by atoms with Crippen molar-refractivity contribution in [1.29, 1.82) is 0 Å². The second-order valence-electron chi connectivity index (χ2n) is 8.26. The third kappa shape index (κ3) is 3.35. The number of allylic oxidation sites excluding steroid dienone is 2. The number of amides is 3. The Labute approximate surface area is 190 Å². The number of carbonyl (C=O) groups is 3. The molecule has 2 heterocycles. The number of nitrogens with zero attached hydrogens (tertiary/aromatic N) is 2. The number of non-ortho nitro benzene ring substituents is 1. The number of furan rings is 1. The lowest BCUT2D eigenvalue weighted by molar-refractivity contribution is -0.384. The Balaban J connectivity index is 1.39. The molecule has 1 aromatic carbocycles. The van der Waals surface area contributed by atoms with Gasteiger partial charge in [0.25, 0.3) is 5.69 Å². The van der Waals surface area contributed by atoms with E-state index in [9.17, 15) is 24.5 Å². The number of nitro benzene ring substituents is 1. The van der Waals surface area contributed by atoms with E-state index in [2.05, 4.69) is 21.2 Å². The van der Waals surface area contributed by atoms with E-state index in [0.29, 0.717) is 16.1 Å². The third-order valence-electron chi connectivity index (χ3n) is 6.48. The van der Waals surface area contributed by atoms with Crippen molar-refractivity contribution < 1.29 is 23.7 Å². The Morgan fingerprint density at radius 1 is 1.12 bits per heavy atom. The zero-order chi connectivity index (χ0) is 22.6. The highest BCUT2D eigenvalue weighted by atomic mass is 79.9. The maximum Gasteiger partial charge on any atom is 0.269 e. The predicted octanol–water partition coefficient (Wildman–Crippen LogP) is 3.83. The first kappa shape index (κ1) is 20.6. The molecule has 1 saturated carbocycles. The van der Waals surface area contributed by atoms with Crippen molar-refractivity contribution >= 4 is 45.0 Å². The van der Waals surface area contributed by atoms with Gasteiger partial charge in [0.2, 0.25) is 17.7 Å². The van der Waals surface area contributed by atoms with E-state index in [1.54, 1.807) is 12.1 Å². The van der Waals surface area contributed by atoms with Crippen molar-refractivity contribution in [2.45, 2.75) is 18.9 Å². The van der Waals surface area contributed by atoms with Crippen LogP contribution in [0.5, 0.6) is 0 Å². The van der Waals surface area contributed by atoms with E-state index in [1.807, 2.05) is 12.2 Å². The Morgan fingerprint density at radius 2 is 1.75 bits per heavy atom. The number of nitro groups is 1. The van der Waals surface area contributed by atoms with Crippen LogP contribution in [0.15, 0.2) is 57.6 Å². The summed E-state index contributed by atoms with van der Waals surface area (Å²) in [4.78, 5) is 50.8. The molecular weight excluding hydrogens is 482 g/mol. The van der Waals surface area contributed by atoms with Crippen LogP contribution in [0, 0.1) is 33.8 Å². The molecular formula is C22H18BrN3O6. The van der Waals surface area contributed by atoms with Crippen LogP contribution in [0.1, 0.15) is 24.6 Å². The molecule has 2 aliphatic carbocycles. The molecule has 0 radical (unpaired) electrons. The molecule has 3 amide bonds. The molecule has 3 aliphatic rings. The lowest BCUT2D eigenvalue weighted by atomic mass is 9.85. The molecule has 5 atom stereocenters. The summed E-state index contributed by atoms with van der Waals surface area (Å²) in [6, 6.07) is 7.82. The lowest BCUT2D eigenvalue weighted by Crippen LogP contribution is -2.38. The van der Waals surface area contributed by atoms with E-state index < -0.39 is 16.9 Å². The number of hydrogen-bond acceptors (Lipinski definition) is 6. The SMILES string of the molecule is O=C(CC(c1ccc(Br)o1)N1C(=O)C2C3C=CC(C3)C2C1=O)Nc1ccc([N+](=O)[O-])cc1. The number of hydrogen-bond donors (Lipinski definition) is 1. The highest BCUT2D eigenvalue weighted by molar-refractivity contribution is 9.10. The molecule has 9 nitrogen and oxygen atoms in total. The fraction of sp³-hybridized carbons (Fsp3) is 0.318. The minimum Gasteiger partial charge on any atom is -0.452 e. The van der Waals surface area contributed by atoms with Crippen LogP contribution in [0.3, 0.4) is 0 Å². The predicted molar refractivity (Wildman–Crippen MR) is 115 cm³/mol. The fourth-order valence-electron chi connectivity index (χ4n) is 5.11. The number of anilines is 1. The summed E-state index contributed by atoms with van der Waals surface area (Å²) in [6.07, 6.45) is 4.65. The maximum absolute atomic E-state index is 13.3. The van der Waals surface area contributed by atoms with Gasteiger partial charge in [-0.05, 0) is 58.5 Å². The standard InChI is InChI=1S/C22H18BrN3O6/c23-17-8-7-16(32-17)15(10-18(27)24-13-3-5-14(6-4-13)26(30)31)25-21(28)19-11-1-2-12(9-11)20(19)22(25)29/h1-8,11-12,15,19-20H,9-10H2,(H,24,27). The van der Waals surface area contributed by atoms with Crippen LogP contribution in [0.25, 0.3) is 0 Å². The highest BCUT2D eigenvalue weighted by Gasteiger charge is 2.60. The van der Waals surface area contributed by atoms with Gasteiger partial charge in [-0.25, -0.2) is 0 Å². The summed E-state index contributed by atoms with van der Waals surface area (Å²) in [5.41, 5.74) is 0.280. The van der Waals surface area contributed by atoms with Gasteiger partial charge in [-0.1, -0.05) is 12.2 Å². The average molecular weight is 500 g/mol. The molecule has 10 heteroatoms. The van der Waals surface area contributed by atoms with Crippen molar-refractivity contribution in [2.75, 3.05) is 5.32 Å². The molecule has 0 spiro atoms. The summed E-state index contributed by atoms with van der Waals surface area (Å²) < 4.78 is 6.06. The summed E-state index contributed by atoms with van der Waals surface area (Å²) in [6.45, 7) is 0. The number of halogens is 1. The van der Waals surface area contributed by atoms with Crippen LogP contribution in [0.2, 0.25) is 0 Å². The van der Waals surface area contributed by atoms with Gasteiger partial charge in [-0.15, -0.1) is 0 Å². The van der Waals surface area contributed by atoms with Gasteiger partial charge < -0.3 is 9.73 Å². The zero-order valence-corrected chi connectivity index (χ0v) is 18.2. The maximum atomic E-state index is 13.3. The normalized spacial score (nSPS) is 26.5. The Bertz CT molecular complexity index is 1130. The van der Waals surface area contributed by atoms with E-state index in [4.69, 9.17) is 4.42 Å². The van der Waals surface area contributed by atoms with Crippen molar-refractivity contribution in [2.24, 2.45) is 23.7 Å². The van der Waals surface area contributed by atoms with Gasteiger partial charge in [-0.3, -0.25) is 29.4 Å². The summed E-state index contributed by atoms with van der Waals surface area (Å²) >= 11 is 3.23. The highest BCUT2D eigenvalue weighted by Crippen LogP contribution is 2.54. The molecule has 1 aliphatic heterocycles. The fourth-order valence-corrected chi connectivity index (χ4v) is 5.43. The molecule has 2 bridgehead atoms. The van der Waals surface area contributed by atoms with Crippen LogP contribution in [0.4, 0.5) is 11.4 Å². The van der Waals surface area contributed by atoms with Crippen LogP contribution in [-0.4, -0.2) is 27.5 Å². The van der Waals surface area contributed by atoms with Crippen LogP contribution < -0.4 is 5.32 Å². The second-order valence-corrected chi connectivity index (χ2v) is 9.04. The summed E-state index contributed by atoms with van der Waals surface area (Å²) in [7, 11) is 0. The van der Waals surface area contributed by atoms with Gasteiger partial charge in [-0.2, -0.15) is 0 Å². The zero-order valence-electron chi connectivity index (χ0n) is 16.6. The molecule has 2 fully saturated rings. The molecule has 164 valence electrons. The largest absolute Gasteiger partial charge is 0.452 e. The van der Waals surface area contributed by atoms with Gasteiger partial charge in [0, 0.05) is 17.8 Å². The number of rotatable bonds is 6. The molecule has 1 N–H and O–H groups in total. The van der Waals surface area contributed by atoms with E-state index in [1.165, 1.54) is 29.2 Å². The van der Waals surface area contributed by atoms with Crippen LogP contribution >= 0.6 is 15.9 Å². The van der Waals surface area contributed by atoms with Crippen LogP contribution in [-0.2, 0) is 14.4 Å². The molecule has 1 aromatic heterocycles. The Hall–Kier alpha value is -3.27.